The zero-order valence-electron chi connectivity index (χ0n) is 14.1. The molecule has 1 saturated carbocycles. The average Bonchev–Trinajstić information content (AvgIpc) is 3.21. The zero-order valence-corrected chi connectivity index (χ0v) is 15.7. The van der Waals surface area contributed by atoms with Gasteiger partial charge in [0.25, 0.3) is 0 Å². The summed E-state index contributed by atoms with van der Waals surface area (Å²) >= 11 is 7.38. The van der Waals surface area contributed by atoms with Gasteiger partial charge in [0.1, 0.15) is 5.52 Å². The molecule has 1 fully saturated rings. The van der Waals surface area contributed by atoms with Gasteiger partial charge in [-0.25, -0.2) is 9.97 Å². The number of halogens is 1. The number of nitrogen functional groups attached to an aromatic ring is 1. The molecule has 136 valence electrons. The second kappa shape index (κ2) is 6.81. The van der Waals surface area contributed by atoms with E-state index in [1.165, 1.54) is 11.3 Å². The van der Waals surface area contributed by atoms with Crippen LogP contribution >= 0.6 is 22.9 Å². The van der Waals surface area contributed by atoms with Gasteiger partial charge >= 0.3 is 0 Å². The number of thiazole rings is 1. The van der Waals surface area contributed by atoms with E-state index < -0.39 is 0 Å². The minimum absolute atomic E-state index is 0.00600. The van der Waals surface area contributed by atoms with Gasteiger partial charge in [-0.3, -0.25) is 4.79 Å². The lowest BCUT2D eigenvalue weighted by molar-refractivity contribution is -0.120. The number of carbonyl (C=O) groups excluding carboxylic acids is 1. The number of aryl methyl sites for hydroxylation is 1. The molecule has 0 aromatic carbocycles. The van der Waals surface area contributed by atoms with Crippen molar-refractivity contribution in [3.05, 3.63) is 22.7 Å². The molecule has 26 heavy (non-hydrogen) atoms. The lowest BCUT2D eigenvalue weighted by Gasteiger charge is -2.28. The van der Waals surface area contributed by atoms with Crippen LogP contribution in [0.15, 0.2) is 11.7 Å². The molecule has 8 nitrogen and oxygen atoms in total. The molecule has 1 amide bonds. The van der Waals surface area contributed by atoms with E-state index in [1.807, 2.05) is 16.9 Å². The SMILES string of the molecule is Cc1csc(NC(=O)[C@H]2CC[C@@H](n3cnc4c(N)nc(Cl)nc43)CC2)n1. The second-order valence-corrected chi connectivity index (χ2v) is 7.69. The Kier molecular flexibility index (Phi) is 4.49. The van der Waals surface area contributed by atoms with Crippen molar-refractivity contribution in [1.29, 1.82) is 0 Å². The highest BCUT2D eigenvalue weighted by Crippen LogP contribution is 2.35. The smallest absolute Gasteiger partial charge is 0.229 e. The molecule has 0 atom stereocenters. The molecular weight excluding hydrogens is 374 g/mol. The molecule has 0 aliphatic heterocycles. The van der Waals surface area contributed by atoms with Crippen LogP contribution in [0.3, 0.4) is 0 Å². The Morgan fingerprint density at radius 3 is 2.77 bits per heavy atom. The fraction of sp³-hybridized carbons (Fsp3) is 0.438. The molecule has 0 spiro atoms. The van der Waals surface area contributed by atoms with Crippen molar-refractivity contribution >= 4 is 51.0 Å². The number of rotatable bonds is 3. The van der Waals surface area contributed by atoms with Crippen LogP contribution in [-0.4, -0.2) is 30.4 Å². The molecule has 10 heteroatoms. The van der Waals surface area contributed by atoms with Crippen LogP contribution in [0.1, 0.15) is 37.4 Å². The Morgan fingerprint density at radius 2 is 2.08 bits per heavy atom. The van der Waals surface area contributed by atoms with E-state index in [-0.39, 0.29) is 29.0 Å². The van der Waals surface area contributed by atoms with Crippen molar-refractivity contribution in [3.63, 3.8) is 0 Å². The molecular formula is C16H18ClN7OS. The van der Waals surface area contributed by atoms with Gasteiger partial charge in [-0.05, 0) is 44.2 Å². The number of aromatic nitrogens is 5. The molecule has 0 bridgehead atoms. The van der Waals surface area contributed by atoms with Gasteiger partial charge in [0, 0.05) is 17.3 Å². The van der Waals surface area contributed by atoms with Crippen molar-refractivity contribution in [2.75, 3.05) is 11.1 Å². The number of anilines is 2. The van der Waals surface area contributed by atoms with E-state index >= 15 is 0 Å². The third kappa shape index (κ3) is 3.24. The van der Waals surface area contributed by atoms with Crippen molar-refractivity contribution < 1.29 is 4.79 Å². The maximum absolute atomic E-state index is 12.5. The van der Waals surface area contributed by atoms with Crippen molar-refractivity contribution in [2.45, 2.75) is 38.6 Å². The first-order valence-corrected chi connectivity index (χ1v) is 9.65. The van der Waals surface area contributed by atoms with Gasteiger partial charge in [0.15, 0.2) is 16.6 Å². The van der Waals surface area contributed by atoms with Crippen LogP contribution in [0.2, 0.25) is 5.28 Å². The monoisotopic (exact) mass is 391 g/mol. The molecule has 0 saturated heterocycles. The number of amides is 1. The Morgan fingerprint density at radius 1 is 1.31 bits per heavy atom. The molecule has 3 aromatic heterocycles. The van der Waals surface area contributed by atoms with E-state index in [4.69, 9.17) is 17.3 Å². The Labute approximate surface area is 158 Å². The molecule has 0 radical (unpaired) electrons. The summed E-state index contributed by atoms with van der Waals surface area (Å²) < 4.78 is 2.00. The Balaban J connectivity index is 1.44. The van der Waals surface area contributed by atoms with Crippen molar-refractivity contribution in [1.82, 2.24) is 24.5 Å². The molecule has 4 rings (SSSR count). The lowest BCUT2D eigenvalue weighted by Crippen LogP contribution is -2.28. The minimum atomic E-state index is -0.00600. The van der Waals surface area contributed by atoms with Gasteiger partial charge in [0.05, 0.1) is 12.0 Å². The molecule has 3 aromatic rings. The Bertz CT molecular complexity index is 961. The summed E-state index contributed by atoms with van der Waals surface area (Å²) in [6.45, 7) is 1.91. The van der Waals surface area contributed by atoms with Gasteiger partial charge in [-0.15, -0.1) is 11.3 Å². The largest absolute Gasteiger partial charge is 0.382 e. The maximum Gasteiger partial charge on any atom is 0.229 e. The molecule has 0 unspecified atom stereocenters. The normalized spacial score (nSPS) is 20.4. The third-order valence-electron chi connectivity index (χ3n) is 4.73. The summed E-state index contributed by atoms with van der Waals surface area (Å²) in [5, 5.41) is 5.63. The van der Waals surface area contributed by atoms with Gasteiger partial charge in [-0.1, -0.05) is 0 Å². The topological polar surface area (TPSA) is 112 Å². The predicted octanol–water partition coefficient (Wildman–Crippen LogP) is 3.20. The highest BCUT2D eigenvalue weighted by atomic mass is 35.5. The van der Waals surface area contributed by atoms with Crippen LogP contribution < -0.4 is 11.1 Å². The second-order valence-electron chi connectivity index (χ2n) is 6.49. The van der Waals surface area contributed by atoms with Crippen LogP contribution in [0.5, 0.6) is 0 Å². The van der Waals surface area contributed by atoms with Crippen molar-refractivity contribution in [3.8, 4) is 0 Å². The molecule has 1 aliphatic rings. The summed E-state index contributed by atoms with van der Waals surface area (Å²) in [5.74, 6) is 0.321. The number of hydrogen-bond donors (Lipinski definition) is 2. The Hall–Kier alpha value is -2.26. The van der Waals surface area contributed by atoms with E-state index in [0.29, 0.717) is 16.3 Å². The first-order valence-electron chi connectivity index (χ1n) is 8.40. The highest BCUT2D eigenvalue weighted by Gasteiger charge is 2.29. The molecule has 3 heterocycles. The zero-order chi connectivity index (χ0) is 18.3. The maximum atomic E-state index is 12.5. The summed E-state index contributed by atoms with van der Waals surface area (Å²) in [4.78, 5) is 29.3. The average molecular weight is 392 g/mol. The fourth-order valence-corrected chi connectivity index (χ4v) is 4.28. The van der Waals surface area contributed by atoms with Gasteiger partial charge in [0.2, 0.25) is 11.2 Å². The number of nitrogens with two attached hydrogens (primary N) is 1. The quantitative estimate of drug-likeness (QED) is 0.663. The van der Waals surface area contributed by atoms with E-state index in [2.05, 4.69) is 25.3 Å². The standard InChI is InChI=1S/C16H18ClN7OS/c1-8-6-26-16(20-8)23-14(25)9-2-4-10(5-3-9)24-7-19-11-12(18)21-15(17)22-13(11)24/h6-7,9-10H,2-5H2,1H3,(H2,18,21,22)(H,20,23,25)/t9-,10+. The number of nitrogens with one attached hydrogen (secondary N) is 1. The van der Waals surface area contributed by atoms with Crippen LogP contribution in [0, 0.1) is 12.8 Å². The molecule has 1 aliphatic carbocycles. The first-order chi connectivity index (χ1) is 12.5. The molecule has 3 N–H and O–H groups in total. The summed E-state index contributed by atoms with van der Waals surface area (Å²) in [6, 6.07) is 0.219. The van der Waals surface area contributed by atoms with Crippen LogP contribution in [0.25, 0.3) is 11.2 Å². The highest BCUT2D eigenvalue weighted by molar-refractivity contribution is 7.13. The van der Waals surface area contributed by atoms with E-state index in [1.54, 1.807) is 6.33 Å². The number of carbonyl (C=O) groups is 1. The third-order valence-corrected chi connectivity index (χ3v) is 5.78. The van der Waals surface area contributed by atoms with Crippen molar-refractivity contribution in [2.24, 2.45) is 5.92 Å². The van der Waals surface area contributed by atoms with Gasteiger partial charge < -0.3 is 15.6 Å². The van der Waals surface area contributed by atoms with Gasteiger partial charge in [-0.2, -0.15) is 9.97 Å². The number of imidazole rings is 1. The van der Waals surface area contributed by atoms with Crippen LogP contribution in [0.4, 0.5) is 10.9 Å². The summed E-state index contributed by atoms with van der Waals surface area (Å²) in [7, 11) is 0. The number of nitrogens with zero attached hydrogens (tertiary/aromatic N) is 5. The fourth-order valence-electron chi connectivity index (χ4n) is 3.41. The minimum Gasteiger partial charge on any atom is -0.382 e. The summed E-state index contributed by atoms with van der Waals surface area (Å²) in [5.41, 5.74) is 8.00. The number of hydrogen-bond acceptors (Lipinski definition) is 7. The first kappa shape index (κ1) is 17.2. The number of fused-ring (bicyclic) bond motifs is 1. The predicted molar refractivity (Wildman–Crippen MR) is 101 cm³/mol. The van der Waals surface area contributed by atoms with Crippen LogP contribution in [-0.2, 0) is 4.79 Å². The lowest BCUT2D eigenvalue weighted by atomic mass is 9.85. The van der Waals surface area contributed by atoms with E-state index in [9.17, 15) is 4.79 Å². The van der Waals surface area contributed by atoms with E-state index in [0.717, 1.165) is 31.4 Å². The summed E-state index contributed by atoms with van der Waals surface area (Å²) in [6.07, 6.45) is 5.06.